The van der Waals surface area contributed by atoms with E-state index in [1.165, 1.54) is 0 Å². The molecule has 21 heavy (non-hydrogen) atoms. The van der Waals surface area contributed by atoms with Gasteiger partial charge in [-0.15, -0.1) is 0 Å². The van der Waals surface area contributed by atoms with Crippen LogP contribution in [0.4, 0.5) is 11.4 Å². The molecule has 3 heterocycles. The lowest BCUT2D eigenvalue weighted by Gasteiger charge is -2.29. The lowest BCUT2D eigenvalue weighted by atomic mass is 10.2. The fourth-order valence-corrected chi connectivity index (χ4v) is 2.31. The Kier molecular flexibility index (Phi) is 3.83. The summed E-state index contributed by atoms with van der Waals surface area (Å²) in [4.78, 5) is 18.6. The van der Waals surface area contributed by atoms with Crippen molar-refractivity contribution in [2.45, 2.75) is 0 Å². The molecule has 0 radical (unpaired) electrons. The Morgan fingerprint density at radius 2 is 2.10 bits per heavy atom. The molecule has 2 aromatic rings. The molecule has 3 rings (SSSR count). The summed E-state index contributed by atoms with van der Waals surface area (Å²) in [6.45, 7) is 3.87. The third-order valence-corrected chi connectivity index (χ3v) is 3.43. The summed E-state index contributed by atoms with van der Waals surface area (Å²) in [6.07, 6.45) is 5.10. The number of nitrogens with one attached hydrogen (secondary N) is 2. The molecule has 1 aliphatic rings. The summed E-state index contributed by atoms with van der Waals surface area (Å²) >= 11 is 0. The molecule has 7 heteroatoms. The molecule has 110 valence electrons. The van der Waals surface area contributed by atoms with Gasteiger partial charge in [-0.25, -0.2) is 4.98 Å². The fourth-order valence-electron chi connectivity index (χ4n) is 2.31. The van der Waals surface area contributed by atoms with E-state index in [-0.39, 0.29) is 5.91 Å². The standard InChI is InChI=1S/C14H18N6O/c1-19-10-11(8-17-19)18-14(21)13-3-2-12(9-16-13)20-6-4-15-5-7-20/h2-3,8-10,15H,4-7H2,1H3,(H,18,21). The van der Waals surface area contributed by atoms with Gasteiger partial charge in [-0.05, 0) is 12.1 Å². The number of nitrogens with zero attached hydrogens (tertiary/aromatic N) is 4. The maximum atomic E-state index is 12.1. The Balaban J connectivity index is 1.67. The first-order valence-electron chi connectivity index (χ1n) is 6.94. The number of pyridine rings is 1. The van der Waals surface area contributed by atoms with E-state index in [9.17, 15) is 4.79 Å². The number of hydrogen-bond donors (Lipinski definition) is 2. The number of carbonyl (C=O) groups excluding carboxylic acids is 1. The van der Waals surface area contributed by atoms with Crippen molar-refractivity contribution in [3.8, 4) is 0 Å². The van der Waals surface area contributed by atoms with E-state index < -0.39 is 0 Å². The second kappa shape index (κ2) is 5.92. The normalized spacial score (nSPS) is 15.0. The van der Waals surface area contributed by atoms with Crippen LogP contribution in [0.1, 0.15) is 10.5 Å². The van der Waals surface area contributed by atoms with Gasteiger partial charge in [0.2, 0.25) is 0 Å². The minimum Gasteiger partial charge on any atom is -0.368 e. The Morgan fingerprint density at radius 3 is 2.71 bits per heavy atom. The van der Waals surface area contributed by atoms with E-state index >= 15 is 0 Å². The second-order valence-electron chi connectivity index (χ2n) is 5.00. The summed E-state index contributed by atoms with van der Waals surface area (Å²) < 4.78 is 1.64. The van der Waals surface area contributed by atoms with Crippen LogP contribution in [0.3, 0.4) is 0 Å². The lowest BCUT2D eigenvalue weighted by molar-refractivity contribution is 0.102. The van der Waals surface area contributed by atoms with Crippen LogP contribution in [0.15, 0.2) is 30.7 Å². The van der Waals surface area contributed by atoms with Gasteiger partial charge in [-0.3, -0.25) is 9.48 Å². The van der Waals surface area contributed by atoms with Gasteiger partial charge in [-0.2, -0.15) is 5.10 Å². The zero-order valence-corrected chi connectivity index (χ0v) is 11.9. The van der Waals surface area contributed by atoms with E-state index in [2.05, 4.69) is 25.6 Å². The van der Waals surface area contributed by atoms with Crippen molar-refractivity contribution in [3.05, 3.63) is 36.4 Å². The van der Waals surface area contributed by atoms with E-state index in [0.717, 1.165) is 31.9 Å². The zero-order chi connectivity index (χ0) is 14.7. The Hall–Kier alpha value is -2.41. The van der Waals surface area contributed by atoms with Crippen molar-refractivity contribution >= 4 is 17.3 Å². The third kappa shape index (κ3) is 3.19. The van der Waals surface area contributed by atoms with Gasteiger partial charge in [0.05, 0.1) is 23.8 Å². The largest absolute Gasteiger partial charge is 0.368 e. The van der Waals surface area contributed by atoms with E-state index in [1.54, 1.807) is 36.4 Å². The number of piperazine rings is 1. The molecule has 0 spiro atoms. The number of anilines is 2. The molecule has 2 N–H and O–H groups in total. The highest BCUT2D eigenvalue weighted by atomic mass is 16.1. The Morgan fingerprint density at radius 1 is 1.29 bits per heavy atom. The second-order valence-corrected chi connectivity index (χ2v) is 5.00. The van der Waals surface area contributed by atoms with Crippen LogP contribution in [0.2, 0.25) is 0 Å². The summed E-state index contributed by atoms with van der Waals surface area (Å²) in [5, 5.41) is 10.1. The van der Waals surface area contributed by atoms with Crippen molar-refractivity contribution in [1.82, 2.24) is 20.1 Å². The number of aryl methyl sites for hydroxylation is 1. The minimum absolute atomic E-state index is 0.227. The van der Waals surface area contributed by atoms with Gasteiger partial charge in [0.15, 0.2) is 0 Å². The average molecular weight is 286 g/mol. The SMILES string of the molecule is Cn1cc(NC(=O)c2ccc(N3CCNCC3)cn2)cn1. The van der Waals surface area contributed by atoms with Crippen LogP contribution in [0, 0.1) is 0 Å². The third-order valence-electron chi connectivity index (χ3n) is 3.43. The van der Waals surface area contributed by atoms with Gasteiger partial charge >= 0.3 is 0 Å². The van der Waals surface area contributed by atoms with Crippen LogP contribution in [0.25, 0.3) is 0 Å². The molecule has 1 aliphatic heterocycles. The summed E-state index contributed by atoms with van der Waals surface area (Å²) in [7, 11) is 1.80. The number of hydrogen-bond acceptors (Lipinski definition) is 5. The van der Waals surface area contributed by atoms with Crippen molar-refractivity contribution < 1.29 is 4.79 Å². The summed E-state index contributed by atoms with van der Waals surface area (Å²) in [5.41, 5.74) is 2.11. The van der Waals surface area contributed by atoms with Crippen LogP contribution in [-0.4, -0.2) is 46.9 Å². The molecule has 0 bridgehead atoms. The van der Waals surface area contributed by atoms with Crippen LogP contribution < -0.4 is 15.5 Å². The van der Waals surface area contributed by atoms with E-state index in [4.69, 9.17) is 0 Å². The molecule has 0 atom stereocenters. The monoisotopic (exact) mass is 286 g/mol. The van der Waals surface area contributed by atoms with Crippen molar-refractivity contribution in [2.75, 3.05) is 36.4 Å². The molecule has 2 aromatic heterocycles. The molecule has 1 amide bonds. The van der Waals surface area contributed by atoms with Gasteiger partial charge in [0.1, 0.15) is 5.69 Å². The van der Waals surface area contributed by atoms with Crippen LogP contribution in [-0.2, 0) is 7.05 Å². The van der Waals surface area contributed by atoms with Crippen molar-refractivity contribution in [3.63, 3.8) is 0 Å². The van der Waals surface area contributed by atoms with Gasteiger partial charge < -0.3 is 15.5 Å². The Bertz CT molecular complexity index is 615. The van der Waals surface area contributed by atoms with Crippen molar-refractivity contribution in [2.24, 2.45) is 7.05 Å². The first kappa shape index (κ1) is 13.6. The highest BCUT2D eigenvalue weighted by Crippen LogP contribution is 2.14. The molecular formula is C14H18N6O. The Labute approximate surface area is 123 Å². The quantitative estimate of drug-likeness (QED) is 0.858. The predicted octanol–water partition coefficient (Wildman–Crippen LogP) is 0.477. The summed E-state index contributed by atoms with van der Waals surface area (Å²) in [5.74, 6) is -0.227. The molecule has 0 saturated carbocycles. The van der Waals surface area contributed by atoms with E-state index in [1.807, 2.05) is 6.07 Å². The number of carbonyl (C=O) groups is 1. The lowest BCUT2D eigenvalue weighted by Crippen LogP contribution is -2.43. The zero-order valence-electron chi connectivity index (χ0n) is 11.9. The van der Waals surface area contributed by atoms with Gasteiger partial charge in [-0.1, -0.05) is 0 Å². The highest BCUT2D eigenvalue weighted by molar-refractivity contribution is 6.02. The van der Waals surface area contributed by atoms with E-state index in [0.29, 0.717) is 11.4 Å². The smallest absolute Gasteiger partial charge is 0.274 e. The van der Waals surface area contributed by atoms with Gasteiger partial charge in [0.25, 0.3) is 5.91 Å². The highest BCUT2D eigenvalue weighted by Gasteiger charge is 2.13. The predicted molar refractivity (Wildman–Crippen MR) is 80.5 cm³/mol. The molecule has 0 unspecified atom stereocenters. The molecule has 1 fully saturated rings. The number of aromatic nitrogens is 3. The maximum Gasteiger partial charge on any atom is 0.274 e. The first-order valence-corrected chi connectivity index (χ1v) is 6.94. The number of rotatable bonds is 3. The average Bonchev–Trinajstić information content (AvgIpc) is 2.93. The maximum absolute atomic E-state index is 12.1. The van der Waals surface area contributed by atoms with Crippen LogP contribution in [0.5, 0.6) is 0 Å². The molecule has 1 saturated heterocycles. The summed E-state index contributed by atoms with van der Waals surface area (Å²) in [6, 6.07) is 3.69. The first-order chi connectivity index (χ1) is 10.2. The molecule has 0 aromatic carbocycles. The fraction of sp³-hybridized carbons (Fsp3) is 0.357. The molecule has 0 aliphatic carbocycles. The van der Waals surface area contributed by atoms with Crippen molar-refractivity contribution in [1.29, 1.82) is 0 Å². The van der Waals surface area contributed by atoms with Gasteiger partial charge in [0, 0.05) is 39.4 Å². The topological polar surface area (TPSA) is 75.1 Å². The minimum atomic E-state index is -0.227. The molecule has 7 nitrogen and oxygen atoms in total. The number of amides is 1. The van der Waals surface area contributed by atoms with Crippen LogP contribution >= 0.6 is 0 Å². The molecular weight excluding hydrogens is 268 g/mol.